The Morgan fingerprint density at radius 1 is 0.794 bits per heavy atom. The number of hydrogen-bond donors (Lipinski definition) is 5. The third-order valence-electron chi connectivity index (χ3n) is 4.61. The van der Waals surface area contributed by atoms with Gasteiger partial charge in [0.2, 0.25) is 0 Å². The molecule has 0 amide bonds. The Hall–Kier alpha value is -3.10. The van der Waals surface area contributed by atoms with Gasteiger partial charge in [-0.25, -0.2) is 0 Å². The van der Waals surface area contributed by atoms with Crippen LogP contribution in [0.5, 0.6) is 11.5 Å². The molecule has 0 bridgehead atoms. The fourth-order valence-electron chi connectivity index (χ4n) is 3.07. The number of aryl methyl sites for hydroxylation is 1. The topological polar surface area (TPSA) is 127 Å². The molecule has 34 heavy (non-hydrogen) atoms. The fourth-order valence-corrected chi connectivity index (χ4v) is 3.07. The van der Waals surface area contributed by atoms with Gasteiger partial charge in [0.25, 0.3) is 11.9 Å². The molecular weight excluding hydrogens is 502 g/mol. The van der Waals surface area contributed by atoms with Gasteiger partial charge < -0.3 is 25.7 Å². The Labute approximate surface area is 210 Å². The molecule has 0 aliphatic heterocycles. The first-order valence-electron chi connectivity index (χ1n) is 10.7. The second kappa shape index (κ2) is 16.5. The van der Waals surface area contributed by atoms with E-state index < -0.39 is 11.9 Å². The lowest BCUT2D eigenvalue weighted by Crippen LogP contribution is -2.28. The highest BCUT2D eigenvalue weighted by Crippen LogP contribution is 2.30. The summed E-state index contributed by atoms with van der Waals surface area (Å²) in [6, 6.07) is 20.4. The number of carboxylic acids is 2. The van der Waals surface area contributed by atoms with Crippen molar-refractivity contribution in [2.75, 3.05) is 6.54 Å². The molecule has 0 heterocycles. The van der Waals surface area contributed by atoms with Crippen LogP contribution in [-0.2, 0) is 22.4 Å². The zero-order valence-electron chi connectivity index (χ0n) is 19.7. The number of carboxylic acid groups (broad SMARTS) is 2. The van der Waals surface area contributed by atoms with Gasteiger partial charge >= 0.3 is 0 Å². The van der Waals surface area contributed by atoms with Crippen molar-refractivity contribution in [1.82, 2.24) is 5.32 Å². The molecule has 1 unspecified atom stereocenters. The van der Waals surface area contributed by atoms with E-state index in [0.717, 1.165) is 50.4 Å². The molecule has 0 aromatic heterocycles. The summed E-state index contributed by atoms with van der Waals surface area (Å²) >= 11 is 0. The van der Waals surface area contributed by atoms with Gasteiger partial charge in [-0.3, -0.25) is 9.59 Å². The predicted molar refractivity (Wildman–Crippen MR) is 140 cm³/mol. The standard InChI is InChI=1S/C22H25NO2.2C2H4O2.BrH/c1-16(7-8-17-5-3-2-4-6-17)23-12-11-18-9-10-19-14-21(24)22(25)15-20(19)13-18;2*1-2(3)4;/h2-6,9-10,13-16,23-25H,7-8,11-12H2,1H3;2*1H3,(H,3,4);1H. The van der Waals surface area contributed by atoms with E-state index in [9.17, 15) is 10.2 Å². The Kier molecular flexibility index (Phi) is 15.0. The van der Waals surface area contributed by atoms with E-state index in [1.165, 1.54) is 11.1 Å². The van der Waals surface area contributed by atoms with E-state index in [2.05, 4.69) is 54.7 Å². The third kappa shape index (κ3) is 13.4. The molecule has 5 N–H and O–H groups in total. The van der Waals surface area contributed by atoms with Crippen LogP contribution in [0, 0.1) is 0 Å². The number of aliphatic carboxylic acids is 2. The van der Waals surface area contributed by atoms with E-state index in [1.54, 1.807) is 12.1 Å². The van der Waals surface area contributed by atoms with Crippen molar-refractivity contribution in [3.05, 3.63) is 71.8 Å². The highest BCUT2D eigenvalue weighted by Gasteiger charge is 2.05. The molecule has 8 heteroatoms. The lowest BCUT2D eigenvalue weighted by atomic mass is 10.0. The minimum atomic E-state index is -0.833. The maximum absolute atomic E-state index is 9.65. The first-order valence-corrected chi connectivity index (χ1v) is 10.7. The van der Waals surface area contributed by atoms with Crippen molar-refractivity contribution in [1.29, 1.82) is 0 Å². The quantitative estimate of drug-likeness (QED) is 0.264. The lowest BCUT2D eigenvalue weighted by molar-refractivity contribution is -0.135. The fraction of sp³-hybridized carbons (Fsp3) is 0.308. The zero-order valence-corrected chi connectivity index (χ0v) is 21.4. The van der Waals surface area contributed by atoms with Crippen LogP contribution in [0.4, 0.5) is 0 Å². The minimum Gasteiger partial charge on any atom is -0.504 e. The van der Waals surface area contributed by atoms with E-state index in [-0.39, 0.29) is 28.5 Å². The van der Waals surface area contributed by atoms with E-state index >= 15 is 0 Å². The molecular formula is C26H34BrNO6. The van der Waals surface area contributed by atoms with Crippen molar-refractivity contribution in [3.63, 3.8) is 0 Å². The summed E-state index contributed by atoms with van der Waals surface area (Å²) in [6.45, 7) is 5.32. The van der Waals surface area contributed by atoms with Crippen LogP contribution in [0.3, 0.4) is 0 Å². The van der Waals surface area contributed by atoms with Crippen molar-refractivity contribution in [2.24, 2.45) is 0 Å². The first-order chi connectivity index (χ1) is 15.6. The summed E-state index contributed by atoms with van der Waals surface area (Å²) in [7, 11) is 0. The van der Waals surface area contributed by atoms with Crippen LogP contribution >= 0.6 is 17.0 Å². The van der Waals surface area contributed by atoms with Crippen LogP contribution in [0.25, 0.3) is 10.8 Å². The van der Waals surface area contributed by atoms with Gasteiger partial charge in [-0.1, -0.05) is 48.5 Å². The molecule has 0 spiro atoms. The van der Waals surface area contributed by atoms with Gasteiger partial charge in [0.15, 0.2) is 11.5 Å². The summed E-state index contributed by atoms with van der Waals surface area (Å²) in [6.07, 6.45) is 3.15. The van der Waals surface area contributed by atoms with Gasteiger partial charge in [-0.2, -0.15) is 0 Å². The number of halogens is 1. The first kappa shape index (κ1) is 30.9. The predicted octanol–water partition coefficient (Wildman–Crippen LogP) is 5.16. The molecule has 0 fully saturated rings. The van der Waals surface area contributed by atoms with Crippen LogP contribution < -0.4 is 5.32 Å². The lowest BCUT2D eigenvalue weighted by Gasteiger charge is -2.14. The number of phenols is 2. The van der Waals surface area contributed by atoms with E-state index in [4.69, 9.17) is 19.8 Å². The number of hydrogen-bond acceptors (Lipinski definition) is 5. The molecule has 1 atom stereocenters. The second-order valence-corrected chi connectivity index (χ2v) is 7.69. The van der Waals surface area contributed by atoms with Crippen LogP contribution in [0.1, 0.15) is 38.3 Å². The summed E-state index contributed by atoms with van der Waals surface area (Å²) < 4.78 is 0. The third-order valence-corrected chi connectivity index (χ3v) is 4.61. The SMILES string of the molecule is Br.CC(=O)O.CC(=O)O.CC(CCc1ccccc1)NCCc1ccc2cc(O)c(O)cc2c1. The van der Waals surface area contributed by atoms with Gasteiger partial charge in [0.05, 0.1) is 0 Å². The molecule has 0 radical (unpaired) electrons. The summed E-state index contributed by atoms with van der Waals surface area (Å²) in [5, 5.41) is 39.5. The number of rotatable bonds is 7. The van der Waals surface area contributed by atoms with Crippen LogP contribution in [0.2, 0.25) is 0 Å². The highest BCUT2D eigenvalue weighted by atomic mass is 79.9. The molecule has 3 aromatic carbocycles. The normalized spacial score (nSPS) is 10.6. The van der Waals surface area contributed by atoms with Crippen molar-refractivity contribution in [3.8, 4) is 11.5 Å². The minimum absolute atomic E-state index is 0. The van der Waals surface area contributed by atoms with Crippen molar-refractivity contribution >= 4 is 39.7 Å². The summed E-state index contributed by atoms with van der Waals surface area (Å²) in [5.74, 6) is -1.81. The Bertz CT molecular complexity index is 1010. The van der Waals surface area contributed by atoms with Gasteiger partial charge in [-0.05, 0) is 66.8 Å². The largest absolute Gasteiger partial charge is 0.504 e. The molecule has 7 nitrogen and oxygen atoms in total. The van der Waals surface area contributed by atoms with E-state index in [0.29, 0.717) is 6.04 Å². The van der Waals surface area contributed by atoms with Crippen molar-refractivity contribution in [2.45, 2.75) is 46.1 Å². The molecule has 0 aliphatic rings. The Balaban J connectivity index is 0.00000106. The number of aromatic hydroxyl groups is 2. The van der Waals surface area contributed by atoms with Gasteiger partial charge in [0.1, 0.15) is 0 Å². The summed E-state index contributed by atoms with van der Waals surface area (Å²) in [5.41, 5.74) is 2.61. The molecule has 3 aromatic rings. The molecule has 0 saturated heterocycles. The average molecular weight is 536 g/mol. The molecule has 0 saturated carbocycles. The number of carbonyl (C=O) groups is 2. The molecule has 0 aliphatic carbocycles. The maximum atomic E-state index is 9.65. The van der Waals surface area contributed by atoms with Gasteiger partial charge in [-0.15, -0.1) is 17.0 Å². The average Bonchev–Trinajstić information content (AvgIpc) is 2.73. The molecule has 3 rings (SSSR count). The Morgan fingerprint density at radius 3 is 1.88 bits per heavy atom. The van der Waals surface area contributed by atoms with Crippen LogP contribution in [-0.4, -0.2) is 45.0 Å². The number of nitrogens with one attached hydrogen (secondary N) is 1. The monoisotopic (exact) mass is 535 g/mol. The number of phenolic OH excluding ortho intramolecular Hbond substituents is 2. The Morgan fingerprint density at radius 2 is 1.32 bits per heavy atom. The highest BCUT2D eigenvalue weighted by molar-refractivity contribution is 8.93. The summed E-state index contributed by atoms with van der Waals surface area (Å²) in [4.78, 5) is 18.0. The number of benzene rings is 3. The smallest absolute Gasteiger partial charge is 0.300 e. The van der Waals surface area contributed by atoms with Crippen LogP contribution in [0.15, 0.2) is 60.7 Å². The maximum Gasteiger partial charge on any atom is 0.300 e. The van der Waals surface area contributed by atoms with E-state index in [1.807, 2.05) is 6.07 Å². The van der Waals surface area contributed by atoms with Crippen molar-refractivity contribution < 1.29 is 30.0 Å². The molecule has 186 valence electrons. The second-order valence-electron chi connectivity index (χ2n) is 7.69. The zero-order chi connectivity index (χ0) is 24.8. The number of fused-ring (bicyclic) bond motifs is 1. The van der Waals surface area contributed by atoms with Gasteiger partial charge in [0, 0.05) is 19.9 Å².